The number of rotatable bonds is 3. The Morgan fingerprint density at radius 3 is 2.65 bits per heavy atom. The Kier molecular flexibility index (Phi) is 5.16. The molecular weight excluding hydrogens is 323 g/mol. The molecule has 1 amide bonds. The first-order valence-corrected chi connectivity index (χ1v) is 7.76. The maximum atomic E-state index is 13.2. The molecule has 0 unspecified atom stereocenters. The number of piperidine rings is 1. The topological polar surface area (TPSA) is 23.6 Å². The first-order chi connectivity index (χ1) is 9.52. The third-order valence-electron chi connectivity index (χ3n) is 4.04. The van der Waals surface area contributed by atoms with Gasteiger partial charge in [0.2, 0.25) is 0 Å². The molecule has 3 nitrogen and oxygen atoms in total. The van der Waals surface area contributed by atoms with Crippen LogP contribution in [-0.4, -0.2) is 48.4 Å². The zero-order chi connectivity index (χ0) is 14.7. The number of hydrogen-bond donors (Lipinski definition) is 0. The van der Waals surface area contributed by atoms with E-state index < -0.39 is 0 Å². The average molecular weight is 343 g/mol. The Morgan fingerprint density at radius 2 is 2.10 bits per heavy atom. The number of halogens is 2. The van der Waals surface area contributed by atoms with E-state index in [9.17, 15) is 9.18 Å². The van der Waals surface area contributed by atoms with Crippen LogP contribution in [0.25, 0.3) is 0 Å². The molecule has 5 heteroatoms. The number of carbonyl (C=O) groups is 1. The van der Waals surface area contributed by atoms with Gasteiger partial charge in [0.05, 0.1) is 4.47 Å². The zero-order valence-electron chi connectivity index (χ0n) is 11.9. The van der Waals surface area contributed by atoms with E-state index in [1.165, 1.54) is 6.07 Å². The quantitative estimate of drug-likeness (QED) is 0.842. The molecule has 0 bridgehead atoms. The molecule has 1 heterocycles. The highest BCUT2D eigenvalue weighted by Crippen LogP contribution is 2.21. The van der Waals surface area contributed by atoms with Crippen molar-refractivity contribution in [2.45, 2.75) is 25.8 Å². The van der Waals surface area contributed by atoms with Crippen LogP contribution in [0.5, 0.6) is 0 Å². The lowest BCUT2D eigenvalue weighted by Crippen LogP contribution is -2.45. The molecule has 0 N–H and O–H groups in total. The molecule has 1 aliphatic rings. The first-order valence-electron chi connectivity index (χ1n) is 6.97. The summed E-state index contributed by atoms with van der Waals surface area (Å²) in [5.41, 5.74) is 0.527. The largest absolute Gasteiger partial charge is 0.339 e. The van der Waals surface area contributed by atoms with Crippen molar-refractivity contribution in [2.24, 2.45) is 0 Å². The summed E-state index contributed by atoms with van der Waals surface area (Å²) in [6.45, 7) is 5.29. The van der Waals surface area contributed by atoms with Gasteiger partial charge in [-0.05, 0) is 53.5 Å². The second kappa shape index (κ2) is 6.68. The fourth-order valence-corrected chi connectivity index (χ4v) is 3.00. The Labute approximate surface area is 127 Å². The minimum Gasteiger partial charge on any atom is -0.339 e. The maximum absolute atomic E-state index is 13.2. The second-order valence-electron chi connectivity index (χ2n) is 5.21. The minimum atomic E-state index is -0.347. The summed E-state index contributed by atoms with van der Waals surface area (Å²) in [6.07, 6.45) is 2.00. The molecule has 0 radical (unpaired) electrons. The van der Waals surface area contributed by atoms with Gasteiger partial charge in [0, 0.05) is 31.7 Å². The van der Waals surface area contributed by atoms with Crippen molar-refractivity contribution in [2.75, 3.05) is 26.7 Å². The minimum absolute atomic E-state index is 0.0411. The van der Waals surface area contributed by atoms with Gasteiger partial charge < -0.3 is 9.80 Å². The number of hydrogen-bond acceptors (Lipinski definition) is 2. The van der Waals surface area contributed by atoms with Crippen molar-refractivity contribution in [3.8, 4) is 0 Å². The van der Waals surface area contributed by atoms with E-state index in [4.69, 9.17) is 0 Å². The zero-order valence-corrected chi connectivity index (χ0v) is 13.5. The van der Waals surface area contributed by atoms with Crippen LogP contribution in [0.1, 0.15) is 30.1 Å². The van der Waals surface area contributed by atoms with Crippen LogP contribution in [0.2, 0.25) is 0 Å². The van der Waals surface area contributed by atoms with Gasteiger partial charge in [-0.1, -0.05) is 6.92 Å². The summed E-state index contributed by atoms with van der Waals surface area (Å²) in [5, 5.41) is 0. The lowest BCUT2D eigenvalue weighted by atomic mass is 10.0. The van der Waals surface area contributed by atoms with Crippen molar-refractivity contribution >= 4 is 21.8 Å². The maximum Gasteiger partial charge on any atom is 0.253 e. The van der Waals surface area contributed by atoms with E-state index in [-0.39, 0.29) is 17.8 Å². The number of likely N-dealkylation sites (tertiary alicyclic amines) is 1. The molecule has 0 saturated carbocycles. The molecule has 1 aromatic carbocycles. The third-order valence-corrected chi connectivity index (χ3v) is 4.65. The van der Waals surface area contributed by atoms with Crippen molar-refractivity contribution in [1.82, 2.24) is 9.80 Å². The number of carbonyl (C=O) groups excluding carboxylic acids is 1. The van der Waals surface area contributed by atoms with E-state index in [0.717, 1.165) is 32.5 Å². The standard InChI is InChI=1S/C15H20BrFN2O/c1-3-19-8-6-12(7-9-19)18(2)15(20)11-4-5-14(17)13(16)10-11/h4-5,10,12H,3,6-9H2,1-2H3. The molecule has 1 aliphatic heterocycles. The highest BCUT2D eigenvalue weighted by molar-refractivity contribution is 9.10. The van der Waals surface area contributed by atoms with Gasteiger partial charge in [-0.25, -0.2) is 4.39 Å². The summed E-state index contributed by atoms with van der Waals surface area (Å²) in [5.74, 6) is -0.388. The predicted molar refractivity (Wildman–Crippen MR) is 81.3 cm³/mol. The summed E-state index contributed by atoms with van der Waals surface area (Å²) < 4.78 is 13.6. The van der Waals surface area contributed by atoms with Crippen LogP contribution in [0.15, 0.2) is 22.7 Å². The van der Waals surface area contributed by atoms with Crippen molar-refractivity contribution in [3.05, 3.63) is 34.1 Å². The van der Waals surface area contributed by atoms with Crippen molar-refractivity contribution in [1.29, 1.82) is 0 Å². The lowest BCUT2D eigenvalue weighted by molar-refractivity contribution is 0.0646. The van der Waals surface area contributed by atoms with E-state index in [2.05, 4.69) is 27.8 Å². The summed E-state index contributed by atoms with van der Waals surface area (Å²) in [4.78, 5) is 16.6. The average Bonchev–Trinajstić information content (AvgIpc) is 2.48. The van der Waals surface area contributed by atoms with Crippen LogP contribution in [-0.2, 0) is 0 Å². The SMILES string of the molecule is CCN1CCC(N(C)C(=O)c2ccc(F)c(Br)c2)CC1. The van der Waals surface area contributed by atoms with Crippen molar-refractivity contribution in [3.63, 3.8) is 0 Å². The van der Waals surface area contributed by atoms with Gasteiger partial charge in [-0.2, -0.15) is 0 Å². The van der Waals surface area contributed by atoms with Crippen LogP contribution in [0.3, 0.4) is 0 Å². The molecule has 0 spiro atoms. The molecule has 110 valence electrons. The normalized spacial score (nSPS) is 17.2. The van der Waals surface area contributed by atoms with Crippen LogP contribution in [0.4, 0.5) is 4.39 Å². The highest BCUT2D eigenvalue weighted by atomic mass is 79.9. The smallest absolute Gasteiger partial charge is 0.253 e. The van der Waals surface area contributed by atoms with Gasteiger partial charge >= 0.3 is 0 Å². The molecule has 1 saturated heterocycles. The molecule has 1 fully saturated rings. The number of amides is 1. The van der Waals surface area contributed by atoms with Gasteiger partial charge in [-0.3, -0.25) is 4.79 Å². The Bertz CT molecular complexity index is 487. The van der Waals surface area contributed by atoms with E-state index >= 15 is 0 Å². The highest BCUT2D eigenvalue weighted by Gasteiger charge is 2.25. The van der Waals surface area contributed by atoms with Crippen LogP contribution in [0, 0.1) is 5.82 Å². The van der Waals surface area contributed by atoms with E-state index in [0.29, 0.717) is 10.0 Å². The number of benzene rings is 1. The van der Waals surface area contributed by atoms with Gasteiger partial charge in [0.15, 0.2) is 0 Å². The molecule has 1 aromatic rings. The van der Waals surface area contributed by atoms with Gasteiger partial charge in [0.25, 0.3) is 5.91 Å². The molecular formula is C15H20BrFN2O. The molecule has 0 aliphatic carbocycles. The molecule has 0 aromatic heterocycles. The summed E-state index contributed by atoms with van der Waals surface area (Å²) in [7, 11) is 1.84. The van der Waals surface area contributed by atoms with Crippen LogP contribution < -0.4 is 0 Å². The second-order valence-corrected chi connectivity index (χ2v) is 6.06. The lowest BCUT2D eigenvalue weighted by Gasteiger charge is -2.36. The summed E-state index contributed by atoms with van der Waals surface area (Å²) in [6, 6.07) is 4.69. The molecule has 0 atom stereocenters. The van der Waals surface area contributed by atoms with Gasteiger partial charge in [-0.15, -0.1) is 0 Å². The Balaban J connectivity index is 2.03. The van der Waals surface area contributed by atoms with Crippen LogP contribution >= 0.6 is 15.9 Å². The fourth-order valence-electron chi connectivity index (χ4n) is 2.62. The predicted octanol–water partition coefficient (Wildman–Crippen LogP) is 3.14. The first kappa shape index (κ1) is 15.4. The number of nitrogens with zero attached hydrogens (tertiary/aromatic N) is 2. The summed E-state index contributed by atoms with van der Waals surface area (Å²) >= 11 is 3.12. The molecule has 2 rings (SSSR count). The van der Waals surface area contributed by atoms with E-state index in [1.807, 2.05) is 7.05 Å². The fraction of sp³-hybridized carbons (Fsp3) is 0.533. The van der Waals surface area contributed by atoms with E-state index in [1.54, 1.807) is 17.0 Å². The monoisotopic (exact) mass is 342 g/mol. The Morgan fingerprint density at radius 1 is 1.45 bits per heavy atom. The van der Waals surface area contributed by atoms with Crippen molar-refractivity contribution < 1.29 is 9.18 Å². The van der Waals surface area contributed by atoms with Gasteiger partial charge in [0.1, 0.15) is 5.82 Å². The Hall–Kier alpha value is -0.940. The third kappa shape index (κ3) is 3.38. The molecule has 20 heavy (non-hydrogen) atoms.